The molecule has 3 aliphatic rings. The fraction of sp³-hybridized carbons (Fsp3) is 0.720. The number of guanidine groups is 1. The standard InChI is InChI=1S/C25H40N4O2.HI/c1-26-25(27-18-21-7-9-22(10-8-21)19-28-13-3-4-14-28)29-15-11-23(12-16-29)31-20-24-6-2-5-17-30-24;/h7-10,23-24H,2-6,11-20H2,1H3,(H,26,27);1H. The predicted molar refractivity (Wildman–Crippen MR) is 141 cm³/mol. The second kappa shape index (κ2) is 13.7. The van der Waals surface area contributed by atoms with E-state index in [1.807, 2.05) is 7.05 Å². The van der Waals surface area contributed by atoms with Crippen molar-refractivity contribution in [1.29, 1.82) is 0 Å². The van der Waals surface area contributed by atoms with E-state index in [9.17, 15) is 0 Å². The van der Waals surface area contributed by atoms with E-state index in [1.165, 1.54) is 49.9 Å². The first-order chi connectivity index (χ1) is 15.3. The molecule has 1 atom stereocenters. The number of hydrogen-bond acceptors (Lipinski definition) is 4. The van der Waals surface area contributed by atoms with Crippen molar-refractivity contribution in [3.63, 3.8) is 0 Å². The number of nitrogens with one attached hydrogen (secondary N) is 1. The van der Waals surface area contributed by atoms with Gasteiger partial charge >= 0.3 is 0 Å². The molecular formula is C25H41IN4O2. The summed E-state index contributed by atoms with van der Waals surface area (Å²) in [6.45, 7) is 8.02. The van der Waals surface area contributed by atoms with Gasteiger partial charge in [0.1, 0.15) is 0 Å². The maximum atomic E-state index is 6.16. The first-order valence-electron chi connectivity index (χ1n) is 12.3. The van der Waals surface area contributed by atoms with Gasteiger partial charge in [-0.05, 0) is 69.2 Å². The third-order valence-corrected chi connectivity index (χ3v) is 6.82. The van der Waals surface area contributed by atoms with Crippen molar-refractivity contribution in [2.75, 3.05) is 46.4 Å². The molecule has 3 saturated heterocycles. The van der Waals surface area contributed by atoms with Gasteiger partial charge in [0.25, 0.3) is 0 Å². The molecular weight excluding hydrogens is 515 g/mol. The summed E-state index contributed by atoms with van der Waals surface area (Å²) in [5.74, 6) is 0.996. The normalized spacial score (nSPS) is 23.2. The fourth-order valence-corrected chi connectivity index (χ4v) is 4.89. The lowest BCUT2D eigenvalue weighted by Crippen LogP contribution is -2.47. The lowest BCUT2D eigenvalue weighted by molar-refractivity contribution is -0.0721. The van der Waals surface area contributed by atoms with Crippen molar-refractivity contribution in [3.05, 3.63) is 35.4 Å². The van der Waals surface area contributed by atoms with Crippen LogP contribution in [0.3, 0.4) is 0 Å². The molecule has 1 unspecified atom stereocenters. The fourth-order valence-electron chi connectivity index (χ4n) is 4.89. The molecule has 1 aromatic carbocycles. The van der Waals surface area contributed by atoms with Crippen molar-refractivity contribution in [1.82, 2.24) is 15.1 Å². The van der Waals surface area contributed by atoms with Crippen LogP contribution in [-0.4, -0.2) is 74.4 Å². The van der Waals surface area contributed by atoms with E-state index in [0.717, 1.165) is 64.6 Å². The SMILES string of the molecule is CN=C(NCc1ccc(CN2CCCC2)cc1)N1CCC(OCC2CCCCO2)CC1.I. The third kappa shape index (κ3) is 7.85. The van der Waals surface area contributed by atoms with E-state index < -0.39 is 0 Å². The Labute approximate surface area is 211 Å². The summed E-state index contributed by atoms with van der Waals surface area (Å²) in [6.07, 6.45) is 9.08. The van der Waals surface area contributed by atoms with Crippen LogP contribution in [0.2, 0.25) is 0 Å². The Hall–Kier alpha value is -0.900. The van der Waals surface area contributed by atoms with Gasteiger partial charge in [0, 0.05) is 39.8 Å². The molecule has 0 amide bonds. The largest absolute Gasteiger partial charge is 0.376 e. The Morgan fingerprint density at radius 3 is 2.38 bits per heavy atom. The van der Waals surface area contributed by atoms with Crippen LogP contribution in [0.5, 0.6) is 0 Å². The average Bonchev–Trinajstić information content (AvgIpc) is 3.34. The van der Waals surface area contributed by atoms with Crippen molar-refractivity contribution < 1.29 is 9.47 Å². The maximum Gasteiger partial charge on any atom is 0.193 e. The Morgan fingerprint density at radius 1 is 1.00 bits per heavy atom. The molecule has 32 heavy (non-hydrogen) atoms. The molecule has 0 aliphatic carbocycles. The monoisotopic (exact) mass is 556 g/mol. The van der Waals surface area contributed by atoms with E-state index in [2.05, 4.69) is 44.4 Å². The zero-order chi connectivity index (χ0) is 21.3. The van der Waals surface area contributed by atoms with Crippen LogP contribution in [0, 0.1) is 0 Å². The summed E-state index contributed by atoms with van der Waals surface area (Å²) < 4.78 is 11.9. The molecule has 180 valence electrons. The van der Waals surface area contributed by atoms with Crippen LogP contribution in [0.15, 0.2) is 29.3 Å². The second-order valence-corrected chi connectivity index (χ2v) is 9.21. The van der Waals surface area contributed by atoms with E-state index in [4.69, 9.17) is 9.47 Å². The predicted octanol–water partition coefficient (Wildman–Crippen LogP) is 4.03. The van der Waals surface area contributed by atoms with Crippen LogP contribution in [-0.2, 0) is 22.6 Å². The summed E-state index contributed by atoms with van der Waals surface area (Å²) in [4.78, 5) is 9.43. The number of likely N-dealkylation sites (tertiary alicyclic amines) is 2. The summed E-state index contributed by atoms with van der Waals surface area (Å²) in [5, 5.41) is 3.55. The molecule has 3 fully saturated rings. The summed E-state index contributed by atoms with van der Waals surface area (Å²) in [7, 11) is 1.88. The lowest BCUT2D eigenvalue weighted by atomic mass is 10.1. The van der Waals surface area contributed by atoms with Gasteiger partial charge in [-0.15, -0.1) is 24.0 Å². The van der Waals surface area contributed by atoms with Crippen molar-refractivity contribution >= 4 is 29.9 Å². The van der Waals surface area contributed by atoms with E-state index in [0.29, 0.717) is 12.2 Å². The quantitative estimate of drug-likeness (QED) is 0.313. The highest BCUT2D eigenvalue weighted by atomic mass is 127. The number of piperidine rings is 1. The first kappa shape index (κ1) is 25.7. The Balaban J connectivity index is 0.00000289. The molecule has 1 N–H and O–H groups in total. The smallest absolute Gasteiger partial charge is 0.193 e. The Morgan fingerprint density at radius 2 is 1.72 bits per heavy atom. The number of aliphatic imine (C=N–C) groups is 1. The highest BCUT2D eigenvalue weighted by molar-refractivity contribution is 14.0. The van der Waals surface area contributed by atoms with Crippen LogP contribution >= 0.6 is 24.0 Å². The van der Waals surface area contributed by atoms with E-state index in [-0.39, 0.29) is 24.0 Å². The topological polar surface area (TPSA) is 49.3 Å². The van der Waals surface area contributed by atoms with Gasteiger partial charge < -0.3 is 19.7 Å². The minimum Gasteiger partial charge on any atom is -0.376 e. The number of ether oxygens (including phenoxy) is 2. The molecule has 6 nitrogen and oxygen atoms in total. The summed E-state index contributed by atoms with van der Waals surface area (Å²) in [5.41, 5.74) is 2.72. The Kier molecular flexibility index (Phi) is 11.0. The van der Waals surface area contributed by atoms with Crippen molar-refractivity contribution in [2.24, 2.45) is 4.99 Å². The summed E-state index contributed by atoms with van der Waals surface area (Å²) in [6, 6.07) is 9.05. The second-order valence-electron chi connectivity index (χ2n) is 9.21. The van der Waals surface area contributed by atoms with Crippen molar-refractivity contribution in [3.8, 4) is 0 Å². The molecule has 7 heteroatoms. The van der Waals surface area contributed by atoms with Gasteiger partial charge in [0.05, 0.1) is 18.8 Å². The van der Waals surface area contributed by atoms with Crippen LogP contribution in [0.4, 0.5) is 0 Å². The van der Waals surface area contributed by atoms with E-state index in [1.54, 1.807) is 0 Å². The number of rotatable bonds is 7. The van der Waals surface area contributed by atoms with E-state index >= 15 is 0 Å². The third-order valence-electron chi connectivity index (χ3n) is 6.82. The minimum atomic E-state index is 0. The Bertz CT molecular complexity index is 680. The maximum absolute atomic E-state index is 6.16. The van der Waals surface area contributed by atoms with Gasteiger partial charge in [-0.25, -0.2) is 0 Å². The first-order valence-corrected chi connectivity index (χ1v) is 12.3. The number of nitrogens with zero attached hydrogens (tertiary/aromatic N) is 3. The molecule has 0 spiro atoms. The van der Waals surface area contributed by atoms with Crippen LogP contribution < -0.4 is 5.32 Å². The van der Waals surface area contributed by atoms with Crippen LogP contribution in [0.1, 0.15) is 56.1 Å². The van der Waals surface area contributed by atoms with Gasteiger partial charge in [0.15, 0.2) is 5.96 Å². The van der Waals surface area contributed by atoms with Crippen molar-refractivity contribution in [2.45, 2.75) is 70.2 Å². The summed E-state index contributed by atoms with van der Waals surface area (Å²) >= 11 is 0. The molecule has 3 aliphatic heterocycles. The molecule has 0 bridgehead atoms. The zero-order valence-electron chi connectivity index (χ0n) is 19.6. The van der Waals surface area contributed by atoms with Gasteiger partial charge in [-0.3, -0.25) is 9.89 Å². The molecule has 0 saturated carbocycles. The number of halogens is 1. The van der Waals surface area contributed by atoms with Gasteiger partial charge in [0.2, 0.25) is 0 Å². The molecule has 3 heterocycles. The van der Waals surface area contributed by atoms with Gasteiger partial charge in [-0.2, -0.15) is 0 Å². The molecule has 4 rings (SSSR count). The molecule has 0 aromatic heterocycles. The lowest BCUT2D eigenvalue weighted by Gasteiger charge is -2.35. The number of hydrogen-bond donors (Lipinski definition) is 1. The number of benzene rings is 1. The van der Waals surface area contributed by atoms with Crippen LogP contribution in [0.25, 0.3) is 0 Å². The minimum absolute atomic E-state index is 0. The van der Waals surface area contributed by atoms with Gasteiger partial charge in [-0.1, -0.05) is 24.3 Å². The molecule has 0 radical (unpaired) electrons. The molecule has 1 aromatic rings. The highest BCUT2D eigenvalue weighted by Gasteiger charge is 2.23. The average molecular weight is 557 g/mol. The zero-order valence-corrected chi connectivity index (χ0v) is 22.0. The highest BCUT2D eigenvalue weighted by Crippen LogP contribution is 2.18.